The first-order chi connectivity index (χ1) is 8.90. The van der Waals surface area contributed by atoms with Crippen LogP contribution in [0.5, 0.6) is 0 Å². The van der Waals surface area contributed by atoms with Crippen LogP contribution in [0.4, 0.5) is 4.39 Å². The molecule has 0 radical (unpaired) electrons. The lowest BCUT2D eigenvalue weighted by Gasteiger charge is -2.25. The Morgan fingerprint density at radius 1 is 1.21 bits per heavy atom. The summed E-state index contributed by atoms with van der Waals surface area (Å²) in [4.78, 5) is 22.7. The lowest BCUT2D eigenvalue weighted by atomic mass is 10.1. The quantitative estimate of drug-likeness (QED) is 0.778. The molecular weight excluding hydrogens is 253 g/mol. The van der Waals surface area contributed by atoms with E-state index in [1.807, 2.05) is 0 Å². The average molecular weight is 269 g/mol. The number of aliphatic carboxylic acids is 2. The van der Waals surface area contributed by atoms with Crippen LogP contribution in [-0.4, -0.2) is 46.2 Å². The molecule has 0 saturated carbocycles. The molecule has 6 heteroatoms. The average Bonchev–Trinajstić information content (AvgIpc) is 2.30. The van der Waals surface area contributed by atoms with Gasteiger partial charge in [0.25, 0.3) is 0 Å². The van der Waals surface area contributed by atoms with E-state index in [4.69, 9.17) is 10.2 Å². The number of benzene rings is 1. The molecule has 0 spiro atoms. The van der Waals surface area contributed by atoms with Crippen LogP contribution in [0.1, 0.15) is 12.5 Å². The van der Waals surface area contributed by atoms with E-state index in [1.54, 1.807) is 25.1 Å². The summed E-state index contributed by atoms with van der Waals surface area (Å²) in [6.45, 7) is 0.905. The molecule has 1 unspecified atom stereocenters. The van der Waals surface area contributed by atoms with Crippen molar-refractivity contribution in [2.24, 2.45) is 0 Å². The molecule has 1 rings (SSSR count). The van der Waals surface area contributed by atoms with Crippen LogP contribution in [0.15, 0.2) is 24.3 Å². The van der Waals surface area contributed by atoms with Gasteiger partial charge in [0.05, 0.1) is 13.1 Å². The molecule has 104 valence electrons. The molecule has 1 aromatic rings. The Kier molecular flexibility index (Phi) is 5.44. The van der Waals surface area contributed by atoms with Gasteiger partial charge in [0.2, 0.25) is 0 Å². The fourth-order valence-corrected chi connectivity index (χ4v) is 1.83. The first-order valence-corrected chi connectivity index (χ1v) is 5.81. The third kappa shape index (κ3) is 5.05. The van der Waals surface area contributed by atoms with E-state index in [0.717, 1.165) is 0 Å². The zero-order chi connectivity index (χ0) is 14.4. The van der Waals surface area contributed by atoms with Crippen LogP contribution < -0.4 is 0 Å². The fraction of sp³-hybridized carbons (Fsp3) is 0.385. The summed E-state index contributed by atoms with van der Waals surface area (Å²) in [6.07, 6.45) is 0.257. The van der Waals surface area contributed by atoms with Crippen LogP contribution in [0.25, 0.3) is 0 Å². The van der Waals surface area contributed by atoms with Gasteiger partial charge in [0.15, 0.2) is 0 Å². The summed E-state index contributed by atoms with van der Waals surface area (Å²) < 4.78 is 13.5. The van der Waals surface area contributed by atoms with Crippen LogP contribution in [0.3, 0.4) is 0 Å². The van der Waals surface area contributed by atoms with Crippen molar-refractivity contribution in [1.29, 1.82) is 0 Å². The summed E-state index contributed by atoms with van der Waals surface area (Å²) in [7, 11) is 0. The van der Waals surface area contributed by atoms with E-state index in [9.17, 15) is 14.0 Å². The van der Waals surface area contributed by atoms with Crippen molar-refractivity contribution in [2.45, 2.75) is 19.4 Å². The van der Waals surface area contributed by atoms with Crippen molar-refractivity contribution < 1.29 is 24.2 Å². The minimum atomic E-state index is -1.11. The Balaban J connectivity index is 2.76. The highest BCUT2D eigenvalue weighted by Gasteiger charge is 2.20. The predicted molar refractivity (Wildman–Crippen MR) is 66.4 cm³/mol. The number of rotatable bonds is 7. The van der Waals surface area contributed by atoms with Crippen LogP contribution in [-0.2, 0) is 16.0 Å². The zero-order valence-electron chi connectivity index (χ0n) is 10.5. The van der Waals surface area contributed by atoms with Gasteiger partial charge in [-0.15, -0.1) is 0 Å². The van der Waals surface area contributed by atoms with Gasteiger partial charge in [-0.05, 0) is 25.0 Å². The fourth-order valence-electron chi connectivity index (χ4n) is 1.83. The lowest BCUT2D eigenvalue weighted by Crippen LogP contribution is -2.42. The molecule has 0 aliphatic heterocycles. The Morgan fingerprint density at radius 3 is 2.21 bits per heavy atom. The van der Waals surface area contributed by atoms with Crippen LogP contribution in [0.2, 0.25) is 0 Å². The highest BCUT2D eigenvalue weighted by atomic mass is 19.1. The molecule has 0 fully saturated rings. The molecule has 0 amide bonds. The van der Waals surface area contributed by atoms with Gasteiger partial charge in [-0.2, -0.15) is 0 Å². The van der Waals surface area contributed by atoms with Crippen molar-refractivity contribution in [3.05, 3.63) is 35.6 Å². The molecule has 0 aliphatic rings. The summed E-state index contributed by atoms with van der Waals surface area (Å²) in [5.74, 6) is -2.59. The molecule has 0 saturated heterocycles. The Hall–Kier alpha value is -1.95. The second kappa shape index (κ2) is 6.84. The van der Waals surface area contributed by atoms with Crippen molar-refractivity contribution in [3.63, 3.8) is 0 Å². The number of halogens is 1. The van der Waals surface area contributed by atoms with Crippen molar-refractivity contribution in [3.8, 4) is 0 Å². The van der Waals surface area contributed by atoms with Crippen molar-refractivity contribution in [2.75, 3.05) is 13.1 Å². The van der Waals surface area contributed by atoms with Crippen molar-refractivity contribution in [1.82, 2.24) is 4.90 Å². The maximum absolute atomic E-state index is 13.5. The maximum atomic E-state index is 13.5. The van der Waals surface area contributed by atoms with Gasteiger partial charge >= 0.3 is 11.9 Å². The summed E-state index contributed by atoms with van der Waals surface area (Å²) in [6, 6.07) is 5.79. The molecule has 0 bridgehead atoms. The first kappa shape index (κ1) is 15.1. The number of carboxylic acid groups (broad SMARTS) is 2. The van der Waals surface area contributed by atoms with Gasteiger partial charge in [0, 0.05) is 6.04 Å². The normalized spacial score (nSPS) is 12.4. The Bertz CT molecular complexity index is 448. The second-order valence-corrected chi connectivity index (χ2v) is 4.34. The zero-order valence-corrected chi connectivity index (χ0v) is 10.5. The Morgan fingerprint density at radius 2 is 1.74 bits per heavy atom. The highest BCUT2D eigenvalue weighted by Crippen LogP contribution is 2.12. The SMILES string of the molecule is CC(Cc1ccccc1F)N(CC(=O)O)CC(=O)O. The van der Waals surface area contributed by atoms with Crippen LogP contribution in [0, 0.1) is 5.82 Å². The monoisotopic (exact) mass is 269 g/mol. The summed E-state index contributed by atoms with van der Waals surface area (Å²) in [5.41, 5.74) is 0.441. The van der Waals surface area contributed by atoms with Gasteiger partial charge in [-0.3, -0.25) is 14.5 Å². The van der Waals surface area contributed by atoms with Crippen LogP contribution >= 0.6 is 0 Å². The van der Waals surface area contributed by atoms with E-state index in [-0.39, 0.29) is 31.4 Å². The van der Waals surface area contributed by atoms with Gasteiger partial charge in [-0.25, -0.2) is 4.39 Å². The summed E-state index contributed by atoms with van der Waals surface area (Å²) in [5, 5.41) is 17.5. The van der Waals surface area contributed by atoms with Gasteiger partial charge < -0.3 is 10.2 Å². The molecule has 1 atom stereocenters. The summed E-state index contributed by atoms with van der Waals surface area (Å²) >= 11 is 0. The van der Waals surface area contributed by atoms with E-state index in [2.05, 4.69) is 0 Å². The van der Waals surface area contributed by atoms with E-state index in [0.29, 0.717) is 5.56 Å². The minimum Gasteiger partial charge on any atom is -0.480 e. The molecular formula is C13H16FNO4. The van der Waals surface area contributed by atoms with Gasteiger partial charge in [-0.1, -0.05) is 18.2 Å². The number of nitrogens with zero attached hydrogens (tertiary/aromatic N) is 1. The topological polar surface area (TPSA) is 77.8 Å². The molecule has 19 heavy (non-hydrogen) atoms. The smallest absolute Gasteiger partial charge is 0.317 e. The maximum Gasteiger partial charge on any atom is 0.317 e. The number of hydrogen-bond acceptors (Lipinski definition) is 3. The molecule has 0 heterocycles. The molecule has 0 aromatic heterocycles. The predicted octanol–water partition coefficient (Wildman–Crippen LogP) is 1.23. The number of carbonyl (C=O) groups is 2. The standard InChI is InChI=1S/C13H16FNO4/c1-9(6-10-4-2-3-5-11(10)14)15(7-12(16)17)8-13(18)19/h2-5,9H,6-8H2,1H3,(H,16,17)(H,18,19). The highest BCUT2D eigenvalue weighted by molar-refractivity contribution is 5.72. The minimum absolute atomic E-state index is 0.257. The van der Waals surface area contributed by atoms with E-state index >= 15 is 0 Å². The number of hydrogen-bond donors (Lipinski definition) is 2. The third-order valence-corrected chi connectivity index (χ3v) is 2.77. The molecule has 2 N–H and O–H groups in total. The Labute approximate surface area is 110 Å². The molecule has 0 aliphatic carbocycles. The van der Waals surface area contributed by atoms with Gasteiger partial charge in [0.1, 0.15) is 5.82 Å². The lowest BCUT2D eigenvalue weighted by molar-refractivity contribution is -0.142. The van der Waals surface area contributed by atoms with E-state index < -0.39 is 11.9 Å². The molecule has 5 nitrogen and oxygen atoms in total. The van der Waals surface area contributed by atoms with E-state index in [1.165, 1.54) is 11.0 Å². The molecule has 1 aromatic carbocycles. The first-order valence-electron chi connectivity index (χ1n) is 5.81. The largest absolute Gasteiger partial charge is 0.480 e. The number of carboxylic acids is 2. The third-order valence-electron chi connectivity index (χ3n) is 2.77. The second-order valence-electron chi connectivity index (χ2n) is 4.34. The van der Waals surface area contributed by atoms with Crippen molar-refractivity contribution >= 4 is 11.9 Å².